The first-order chi connectivity index (χ1) is 7.54. The smallest absolute Gasteiger partial charge is 0.269 e. The van der Waals surface area contributed by atoms with Gasteiger partial charge >= 0.3 is 0 Å². The van der Waals surface area contributed by atoms with Gasteiger partial charge in [-0.1, -0.05) is 30.1 Å². The maximum atomic E-state index is 11.5. The van der Waals surface area contributed by atoms with E-state index in [2.05, 4.69) is 5.32 Å². The number of aromatic nitrogens is 1. The molecule has 4 nitrogen and oxygen atoms in total. The maximum absolute atomic E-state index is 11.5. The Morgan fingerprint density at radius 3 is 2.81 bits per heavy atom. The van der Waals surface area contributed by atoms with Crippen molar-refractivity contribution in [1.29, 1.82) is 0 Å². The summed E-state index contributed by atoms with van der Waals surface area (Å²) in [6.07, 6.45) is 2.23. The number of halogens is 2. The van der Waals surface area contributed by atoms with Gasteiger partial charge in [0.1, 0.15) is 11.6 Å². The Balaban J connectivity index is 2.81. The molecule has 1 aromatic rings. The van der Waals surface area contributed by atoms with E-state index in [-0.39, 0.29) is 17.5 Å². The van der Waals surface area contributed by atoms with E-state index in [1.807, 2.05) is 6.92 Å². The van der Waals surface area contributed by atoms with Crippen LogP contribution in [0.5, 0.6) is 0 Å². The molecule has 0 bridgehead atoms. The number of pyridine rings is 1. The van der Waals surface area contributed by atoms with Crippen molar-refractivity contribution in [2.45, 2.75) is 19.9 Å². The summed E-state index contributed by atoms with van der Waals surface area (Å²) >= 11 is 11.4. The molecule has 1 N–H and O–H groups in total. The Bertz CT molecular complexity index is 443. The minimum absolute atomic E-state index is 0.00999. The molecule has 0 aliphatic rings. The topological polar surface area (TPSA) is 51.1 Å². The minimum Gasteiger partial charge on any atom is -0.355 e. The highest BCUT2D eigenvalue weighted by molar-refractivity contribution is 6.34. The van der Waals surface area contributed by atoms with Crippen LogP contribution in [-0.4, -0.2) is 17.0 Å². The number of amides is 1. The molecule has 0 fully saturated rings. The van der Waals surface area contributed by atoms with Crippen LogP contribution in [0.25, 0.3) is 0 Å². The Hall–Kier alpha value is -1.00. The quantitative estimate of drug-likeness (QED) is 0.898. The van der Waals surface area contributed by atoms with E-state index >= 15 is 0 Å². The predicted molar refractivity (Wildman–Crippen MR) is 64.0 cm³/mol. The van der Waals surface area contributed by atoms with Crippen molar-refractivity contribution in [2.75, 3.05) is 6.54 Å². The Kier molecular flexibility index (Phi) is 4.83. The third-order valence-corrected chi connectivity index (χ3v) is 2.37. The van der Waals surface area contributed by atoms with Gasteiger partial charge in [0.05, 0.1) is 5.02 Å². The van der Waals surface area contributed by atoms with E-state index < -0.39 is 5.56 Å². The van der Waals surface area contributed by atoms with Crippen molar-refractivity contribution >= 4 is 29.1 Å². The summed E-state index contributed by atoms with van der Waals surface area (Å²) in [6, 6.07) is 1.35. The van der Waals surface area contributed by atoms with Crippen LogP contribution in [0.3, 0.4) is 0 Å². The lowest BCUT2D eigenvalue weighted by Crippen LogP contribution is -2.32. The summed E-state index contributed by atoms with van der Waals surface area (Å²) in [6.45, 7) is 2.46. The van der Waals surface area contributed by atoms with Gasteiger partial charge in [0.2, 0.25) is 5.91 Å². The number of nitrogens with one attached hydrogen (secondary N) is 1. The zero-order valence-electron chi connectivity index (χ0n) is 8.80. The zero-order chi connectivity index (χ0) is 12.1. The SMILES string of the molecule is CCCNC(=O)Cn1cc(Cl)cc(Cl)c1=O. The number of nitrogens with zero attached hydrogens (tertiary/aromatic N) is 1. The molecule has 1 heterocycles. The second kappa shape index (κ2) is 5.92. The highest BCUT2D eigenvalue weighted by atomic mass is 35.5. The molecule has 0 spiro atoms. The number of rotatable bonds is 4. The van der Waals surface area contributed by atoms with Crippen molar-refractivity contribution in [2.24, 2.45) is 0 Å². The highest BCUT2D eigenvalue weighted by Crippen LogP contribution is 2.10. The fourth-order valence-electron chi connectivity index (χ4n) is 1.16. The van der Waals surface area contributed by atoms with Gasteiger partial charge in [0.25, 0.3) is 5.56 Å². The van der Waals surface area contributed by atoms with E-state index in [1.165, 1.54) is 16.8 Å². The summed E-state index contributed by atoms with van der Waals surface area (Å²) in [5.41, 5.74) is -0.419. The average molecular weight is 263 g/mol. The number of hydrogen-bond donors (Lipinski definition) is 1. The van der Waals surface area contributed by atoms with Crippen LogP contribution >= 0.6 is 23.2 Å². The van der Waals surface area contributed by atoms with E-state index in [1.54, 1.807) is 0 Å². The summed E-state index contributed by atoms with van der Waals surface area (Å²) in [7, 11) is 0. The first-order valence-electron chi connectivity index (χ1n) is 4.86. The summed E-state index contributed by atoms with van der Waals surface area (Å²) in [5, 5.41) is 3.00. The van der Waals surface area contributed by atoms with Gasteiger partial charge in [-0.2, -0.15) is 0 Å². The standard InChI is InChI=1S/C10H12Cl2N2O2/c1-2-3-13-9(15)6-14-5-7(11)4-8(12)10(14)16/h4-5H,2-3,6H2,1H3,(H,13,15). The Labute approximate surface area is 103 Å². The molecule has 0 unspecified atom stereocenters. The van der Waals surface area contributed by atoms with Gasteiger partial charge in [-0.15, -0.1) is 0 Å². The van der Waals surface area contributed by atoms with E-state index in [0.717, 1.165) is 6.42 Å². The molecule has 0 aliphatic carbocycles. The lowest BCUT2D eigenvalue weighted by Gasteiger charge is -2.07. The second-order valence-corrected chi connectivity index (χ2v) is 4.13. The molecular formula is C10H12Cl2N2O2. The van der Waals surface area contributed by atoms with E-state index in [0.29, 0.717) is 11.6 Å². The molecule has 0 saturated carbocycles. The van der Waals surface area contributed by atoms with Crippen molar-refractivity contribution < 1.29 is 4.79 Å². The molecule has 0 atom stereocenters. The van der Waals surface area contributed by atoms with Crippen LogP contribution < -0.4 is 10.9 Å². The molecule has 1 aromatic heterocycles. The van der Waals surface area contributed by atoms with Gasteiger partial charge < -0.3 is 9.88 Å². The first kappa shape index (κ1) is 13.1. The monoisotopic (exact) mass is 262 g/mol. The van der Waals surface area contributed by atoms with Gasteiger partial charge in [-0.3, -0.25) is 9.59 Å². The van der Waals surface area contributed by atoms with Crippen LogP contribution in [0.4, 0.5) is 0 Å². The molecule has 1 amide bonds. The van der Waals surface area contributed by atoms with E-state index in [4.69, 9.17) is 23.2 Å². The van der Waals surface area contributed by atoms with Crippen molar-refractivity contribution in [3.05, 3.63) is 32.7 Å². The van der Waals surface area contributed by atoms with Gasteiger partial charge in [0.15, 0.2) is 0 Å². The molecule has 0 radical (unpaired) electrons. The number of hydrogen-bond acceptors (Lipinski definition) is 2. The molecule has 6 heteroatoms. The highest BCUT2D eigenvalue weighted by Gasteiger charge is 2.07. The number of carbonyl (C=O) groups excluding carboxylic acids is 1. The third-order valence-electron chi connectivity index (χ3n) is 1.90. The Morgan fingerprint density at radius 1 is 1.50 bits per heavy atom. The summed E-state index contributed by atoms with van der Waals surface area (Å²) in [5.74, 6) is -0.234. The maximum Gasteiger partial charge on any atom is 0.269 e. The minimum atomic E-state index is -0.419. The van der Waals surface area contributed by atoms with Crippen LogP contribution in [0.2, 0.25) is 10.0 Å². The molecule has 88 valence electrons. The molecule has 0 aliphatic heterocycles. The summed E-state index contributed by atoms with van der Waals surface area (Å²) in [4.78, 5) is 22.9. The van der Waals surface area contributed by atoms with Crippen LogP contribution in [0.1, 0.15) is 13.3 Å². The fraction of sp³-hybridized carbons (Fsp3) is 0.400. The van der Waals surface area contributed by atoms with E-state index in [9.17, 15) is 9.59 Å². The normalized spacial score (nSPS) is 10.2. The molecule has 0 aromatic carbocycles. The Morgan fingerprint density at radius 2 is 2.19 bits per heavy atom. The van der Waals surface area contributed by atoms with Gasteiger partial charge in [0, 0.05) is 12.7 Å². The summed E-state index contributed by atoms with van der Waals surface area (Å²) < 4.78 is 1.19. The third kappa shape index (κ3) is 3.54. The largest absolute Gasteiger partial charge is 0.355 e. The predicted octanol–water partition coefficient (Wildman–Crippen LogP) is 1.68. The fourth-order valence-corrected chi connectivity index (χ4v) is 1.67. The lowest BCUT2D eigenvalue weighted by molar-refractivity contribution is -0.121. The van der Waals surface area contributed by atoms with Crippen molar-refractivity contribution in [3.63, 3.8) is 0 Å². The zero-order valence-corrected chi connectivity index (χ0v) is 10.3. The average Bonchev–Trinajstić information content (AvgIpc) is 2.22. The molecular weight excluding hydrogens is 251 g/mol. The molecule has 16 heavy (non-hydrogen) atoms. The van der Waals surface area contributed by atoms with Crippen LogP contribution in [-0.2, 0) is 11.3 Å². The first-order valence-corrected chi connectivity index (χ1v) is 5.62. The van der Waals surface area contributed by atoms with Gasteiger partial charge in [-0.25, -0.2) is 0 Å². The molecule has 0 saturated heterocycles. The second-order valence-electron chi connectivity index (χ2n) is 3.29. The lowest BCUT2D eigenvalue weighted by atomic mass is 10.4. The van der Waals surface area contributed by atoms with Gasteiger partial charge in [-0.05, 0) is 12.5 Å². The van der Waals surface area contributed by atoms with Crippen LogP contribution in [0, 0.1) is 0 Å². The van der Waals surface area contributed by atoms with Crippen molar-refractivity contribution in [1.82, 2.24) is 9.88 Å². The van der Waals surface area contributed by atoms with Crippen LogP contribution in [0.15, 0.2) is 17.1 Å². The number of carbonyl (C=O) groups is 1. The molecule has 1 rings (SSSR count). The van der Waals surface area contributed by atoms with Crippen molar-refractivity contribution in [3.8, 4) is 0 Å².